The molecule has 1 amide bonds. The Bertz CT molecular complexity index is 953. The quantitative estimate of drug-likeness (QED) is 0.620. The van der Waals surface area contributed by atoms with Crippen molar-refractivity contribution in [3.05, 3.63) is 53.9 Å². The van der Waals surface area contributed by atoms with Gasteiger partial charge in [0, 0.05) is 18.2 Å². The van der Waals surface area contributed by atoms with Crippen molar-refractivity contribution in [1.29, 1.82) is 0 Å². The van der Waals surface area contributed by atoms with Gasteiger partial charge in [0.15, 0.2) is 11.5 Å². The van der Waals surface area contributed by atoms with Gasteiger partial charge in [-0.05, 0) is 42.5 Å². The number of nitrogens with zero attached hydrogens (tertiary/aromatic N) is 3. The Morgan fingerprint density at radius 2 is 1.71 bits per heavy atom. The van der Waals surface area contributed by atoms with Crippen LogP contribution in [0.2, 0.25) is 0 Å². The minimum Gasteiger partial charge on any atom is -0.497 e. The average molecular weight is 383 g/mol. The van der Waals surface area contributed by atoms with Gasteiger partial charge in [0.2, 0.25) is 11.7 Å². The van der Waals surface area contributed by atoms with Crippen molar-refractivity contribution in [3.63, 3.8) is 0 Å². The van der Waals surface area contributed by atoms with Gasteiger partial charge in [0.1, 0.15) is 5.75 Å². The lowest BCUT2D eigenvalue weighted by atomic mass is 10.1. The van der Waals surface area contributed by atoms with E-state index in [0.29, 0.717) is 28.8 Å². The first kappa shape index (κ1) is 19.2. The molecule has 1 aromatic heterocycles. The smallest absolute Gasteiger partial charge is 0.254 e. The molecule has 0 unspecified atom stereocenters. The molecule has 0 aliphatic carbocycles. The Kier molecular flexibility index (Phi) is 5.78. The molecule has 0 radical (unpaired) electrons. The highest BCUT2D eigenvalue weighted by molar-refractivity contribution is 5.94. The third kappa shape index (κ3) is 4.06. The van der Waals surface area contributed by atoms with Gasteiger partial charge in [-0.25, -0.2) is 0 Å². The molecule has 1 heterocycles. The van der Waals surface area contributed by atoms with Gasteiger partial charge in [-0.15, -0.1) is 0 Å². The van der Waals surface area contributed by atoms with Gasteiger partial charge in [-0.3, -0.25) is 4.79 Å². The average Bonchev–Trinajstić information content (AvgIpc) is 3.21. The molecule has 0 fully saturated rings. The van der Waals surface area contributed by atoms with Gasteiger partial charge in [-0.1, -0.05) is 5.16 Å². The topological polar surface area (TPSA) is 86.9 Å². The number of carbonyl (C=O) groups is 1. The third-order valence-corrected chi connectivity index (χ3v) is 4.17. The molecule has 8 heteroatoms. The van der Waals surface area contributed by atoms with Gasteiger partial charge in [-0.2, -0.15) is 4.98 Å². The molecular weight excluding hydrogens is 362 g/mol. The number of methoxy groups -OCH3 is 3. The van der Waals surface area contributed by atoms with Crippen LogP contribution in [0.3, 0.4) is 0 Å². The molecule has 28 heavy (non-hydrogen) atoms. The Balaban J connectivity index is 1.71. The van der Waals surface area contributed by atoms with Crippen LogP contribution in [0.1, 0.15) is 16.2 Å². The SMILES string of the molecule is COc1ccc(-c2noc(CN(C)C(=O)c3ccc(OC)c(OC)c3)n2)cc1. The van der Waals surface area contributed by atoms with E-state index in [-0.39, 0.29) is 12.5 Å². The Morgan fingerprint density at radius 3 is 2.36 bits per heavy atom. The van der Waals surface area contributed by atoms with E-state index < -0.39 is 0 Å². The van der Waals surface area contributed by atoms with E-state index in [4.69, 9.17) is 18.7 Å². The van der Waals surface area contributed by atoms with Crippen molar-refractivity contribution in [2.75, 3.05) is 28.4 Å². The van der Waals surface area contributed by atoms with Gasteiger partial charge < -0.3 is 23.6 Å². The molecule has 146 valence electrons. The van der Waals surface area contributed by atoms with Crippen molar-refractivity contribution in [2.24, 2.45) is 0 Å². The number of amides is 1. The number of ether oxygens (including phenoxy) is 3. The van der Waals surface area contributed by atoms with Crippen molar-refractivity contribution in [1.82, 2.24) is 15.0 Å². The lowest BCUT2D eigenvalue weighted by molar-refractivity contribution is 0.0769. The number of benzene rings is 2. The first-order valence-corrected chi connectivity index (χ1v) is 8.50. The second kappa shape index (κ2) is 8.43. The molecule has 0 bridgehead atoms. The molecule has 2 aromatic carbocycles. The molecule has 3 aromatic rings. The van der Waals surface area contributed by atoms with Crippen LogP contribution in [-0.2, 0) is 6.54 Å². The van der Waals surface area contributed by atoms with E-state index in [1.54, 1.807) is 39.5 Å². The van der Waals surface area contributed by atoms with Crippen LogP contribution < -0.4 is 14.2 Å². The Morgan fingerprint density at radius 1 is 1.00 bits per heavy atom. The second-order valence-corrected chi connectivity index (χ2v) is 5.97. The highest BCUT2D eigenvalue weighted by Gasteiger charge is 2.18. The first-order valence-electron chi connectivity index (χ1n) is 8.50. The summed E-state index contributed by atoms with van der Waals surface area (Å²) in [6.45, 7) is 0.177. The third-order valence-electron chi connectivity index (χ3n) is 4.17. The summed E-state index contributed by atoms with van der Waals surface area (Å²) in [6, 6.07) is 12.3. The minimum absolute atomic E-state index is 0.177. The van der Waals surface area contributed by atoms with E-state index in [2.05, 4.69) is 10.1 Å². The predicted octanol–water partition coefficient (Wildman–Crippen LogP) is 3.03. The molecule has 0 aliphatic heterocycles. The van der Waals surface area contributed by atoms with E-state index in [9.17, 15) is 4.79 Å². The first-order chi connectivity index (χ1) is 13.5. The Labute approximate surface area is 162 Å². The number of carbonyl (C=O) groups excluding carboxylic acids is 1. The maximum Gasteiger partial charge on any atom is 0.254 e. The fourth-order valence-electron chi connectivity index (χ4n) is 2.64. The maximum absolute atomic E-state index is 12.7. The van der Waals surface area contributed by atoms with Crippen LogP contribution in [0.5, 0.6) is 17.2 Å². The van der Waals surface area contributed by atoms with Crippen molar-refractivity contribution >= 4 is 5.91 Å². The summed E-state index contributed by atoms with van der Waals surface area (Å²) < 4.78 is 20.9. The van der Waals surface area contributed by atoms with E-state index >= 15 is 0 Å². The van der Waals surface area contributed by atoms with Gasteiger partial charge >= 0.3 is 0 Å². The number of hydrogen-bond donors (Lipinski definition) is 0. The maximum atomic E-state index is 12.7. The van der Waals surface area contributed by atoms with E-state index in [1.165, 1.54) is 12.0 Å². The number of hydrogen-bond acceptors (Lipinski definition) is 7. The molecule has 0 N–H and O–H groups in total. The summed E-state index contributed by atoms with van der Waals surface area (Å²) in [4.78, 5) is 18.5. The van der Waals surface area contributed by atoms with E-state index in [1.807, 2.05) is 24.3 Å². The van der Waals surface area contributed by atoms with Gasteiger partial charge in [0.25, 0.3) is 5.91 Å². The molecule has 0 atom stereocenters. The lowest BCUT2D eigenvalue weighted by Gasteiger charge is -2.16. The predicted molar refractivity (Wildman–Crippen MR) is 102 cm³/mol. The largest absolute Gasteiger partial charge is 0.497 e. The molecule has 0 saturated carbocycles. The van der Waals surface area contributed by atoms with Crippen molar-refractivity contribution in [3.8, 4) is 28.6 Å². The fourth-order valence-corrected chi connectivity index (χ4v) is 2.64. The van der Waals surface area contributed by atoms with Gasteiger partial charge in [0.05, 0.1) is 27.9 Å². The summed E-state index contributed by atoms with van der Waals surface area (Å²) in [5, 5.41) is 3.98. The lowest BCUT2D eigenvalue weighted by Crippen LogP contribution is -2.26. The zero-order valence-corrected chi connectivity index (χ0v) is 16.1. The summed E-state index contributed by atoms with van der Waals surface area (Å²) in [5.74, 6) is 2.37. The molecule has 0 saturated heterocycles. The van der Waals surface area contributed by atoms with E-state index in [0.717, 1.165) is 11.3 Å². The molecule has 0 aliphatic rings. The van der Waals surface area contributed by atoms with Crippen molar-refractivity contribution in [2.45, 2.75) is 6.54 Å². The highest BCUT2D eigenvalue weighted by Crippen LogP contribution is 2.28. The number of rotatable bonds is 7. The highest BCUT2D eigenvalue weighted by atomic mass is 16.5. The zero-order chi connectivity index (χ0) is 20.1. The molecule has 8 nitrogen and oxygen atoms in total. The standard InChI is InChI=1S/C20H21N3O5/c1-23(20(24)14-7-10-16(26-3)17(11-14)27-4)12-18-21-19(22-28-18)13-5-8-15(25-2)9-6-13/h5-11H,12H2,1-4H3. The molecule has 0 spiro atoms. The molecular formula is C20H21N3O5. The molecule has 3 rings (SSSR count). The summed E-state index contributed by atoms with van der Waals surface area (Å²) >= 11 is 0. The van der Waals surface area contributed by atoms with Crippen LogP contribution in [-0.4, -0.2) is 49.3 Å². The Hall–Kier alpha value is -3.55. The normalized spacial score (nSPS) is 10.4. The second-order valence-electron chi connectivity index (χ2n) is 5.97. The zero-order valence-electron chi connectivity index (χ0n) is 16.1. The fraction of sp³-hybridized carbons (Fsp3) is 0.250. The monoisotopic (exact) mass is 383 g/mol. The van der Waals surface area contributed by atoms with Crippen LogP contribution in [0.25, 0.3) is 11.4 Å². The summed E-state index contributed by atoms with van der Waals surface area (Å²) in [6.07, 6.45) is 0. The van der Waals surface area contributed by atoms with Crippen LogP contribution in [0.15, 0.2) is 47.0 Å². The minimum atomic E-state index is -0.204. The van der Waals surface area contributed by atoms with Crippen LogP contribution in [0, 0.1) is 0 Å². The van der Waals surface area contributed by atoms with Crippen molar-refractivity contribution < 1.29 is 23.5 Å². The summed E-state index contributed by atoms with van der Waals surface area (Å²) in [5.41, 5.74) is 1.26. The van der Waals surface area contributed by atoms with Crippen LogP contribution >= 0.6 is 0 Å². The van der Waals surface area contributed by atoms with Crippen LogP contribution in [0.4, 0.5) is 0 Å². The number of aromatic nitrogens is 2. The summed E-state index contributed by atoms with van der Waals surface area (Å²) in [7, 11) is 6.33.